The summed E-state index contributed by atoms with van der Waals surface area (Å²) in [6.07, 6.45) is 0.510. The second-order valence-electron chi connectivity index (χ2n) is 1.89. The van der Waals surface area contributed by atoms with E-state index in [4.69, 9.17) is 5.11 Å². The highest BCUT2D eigenvalue weighted by molar-refractivity contribution is 5.75. The van der Waals surface area contributed by atoms with Crippen LogP contribution >= 0.6 is 0 Å². The molecule has 1 N–H and O–H groups in total. The molecule has 0 rings (SSSR count). The monoisotopic (exact) mass is 191 g/mol. The molecule has 0 aliphatic rings. The largest absolute Gasteiger partial charge is 0.395 e. The van der Waals surface area contributed by atoms with E-state index in [1.807, 2.05) is 27.7 Å². The molecule has 0 saturated heterocycles. The van der Waals surface area contributed by atoms with Crippen molar-refractivity contribution in [3.8, 4) is 0 Å². The Kier molecular flexibility index (Phi) is 24.6. The zero-order valence-electron chi connectivity index (χ0n) is 9.92. The van der Waals surface area contributed by atoms with Gasteiger partial charge in [0.05, 0.1) is 6.61 Å². The van der Waals surface area contributed by atoms with E-state index in [2.05, 4.69) is 0 Å². The molecule has 0 aliphatic carbocycles. The number of aliphatic hydroxyl groups excluding tert-OH is 1. The molecule has 0 aromatic rings. The first-order valence-corrected chi connectivity index (χ1v) is 5.07. The summed E-state index contributed by atoms with van der Waals surface area (Å²) in [5.41, 5.74) is 0. The number of hydrogen-bond acceptors (Lipinski definition) is 2. The van der Waals surface area contributed by atoms with E-state index in [9.17, 15) is 4.79 Å². The number of aliphatic hydroxyl groups is 1. The summed E-state index contributed by atoms with van der Waals surface area (Å²) in [5, 5.41) is 8.39. The van der Waals surface area contributed by atoms with Crippen LogP contribution in [0.1, 0.15) is 41.0 Å². The summed E-state index contributed by atoms with van der Waals surface area (Å²) in [7, 11) is 1.68. The minimum Gasteiger partial charge on any atom is -0.395 e. The van der Waals surface area contributed by atoms with Crippen LogP contribution < -0.4 is 0 Å². The fourth-order valence-electron chi connectivity index (χ4n) is 0.545. The lowest BCUT2D eigenvalue weighted by Crippen LogP contribution is -2.28. The number of amides is 1. The van der Waals surface area contributed by atoms with Crippen molar-refractivity contribution in [2.45, 2.75) is 41.0 Å². The summed E-state index contributed by atoms with van der Waals surface area (Å²) in [6, 6.07) is 0. The quantitative estimate of drug-likeness (QED) is 0.740. The SMILES string of the molecule is CC.CC.CCC(=O)N(C)CCO. The van der Waals surface area contributed by atoms with Crippen LogP contribution in [0.4, 0.5) is 0 Å². The van der Waals surface area contributed by atoms with Gasteiger partial charge in [0.15, 0.2) is 0 Å². The van der Waals surface area contributed by atoms with Gasteiger partial charge in [0.1, 0.15) is 0 Å². The molecule has 0 saturated carbocycles. The Hall–Kier alpha value is -0.570. The molecule has 82 valence electrons. The van der Waals surface area contributed by atoms with Crippen LogP contribution in [0.5, 0.6) is 0 Å². The lowest BCUT2D eigenvalue weighted by atomic mass is 10.4. The topological polar surface area (TPSA) is 40.5 Å². The van der Waals surface area contributed by atoms with Gasteiger partial charge in [0.2, 0.25) is 5.91 Å². The minimum atomic E-state index is 0.0439. The molecule has 0 fully saturated rings. The average Bonchev–Trinajstić information content (AvgIpc) is 2.23. The third-order valence-corrected chi connectivity index (χ3v) is 1.16. The van der Waals surface area contributed by atoms with Crippen molar-refractivity contribution in [3.63, 3.8) is 0 Å². The Morgan fingerprint density at radius 3 is 1.85 bits per heavy atom. The highest BCUT2D eigenvalue weighted by atomic mass is 16.3. The maximum atomic E-state index is 10.7. The first-order valence-electron chi connectivity index (χ1n) is 5.07. The molecule has 0 bridgehead atoms. The predicted octanol–water partition coefficient (Wildman–Crippen LogP) is 1.90. The normalized spacial score (nSPS) is 7.31. The third kappa shape index (κ3) is 14.3. The van der Waals surface area contributed by atoms with Gasteiger partial charge in [-0.15, -0.1) is 0 Å². The molecular formula is C10H25NO2. The van der Waals surface area contributed by atoms with Crippen LogP contribution in [-0.2, 0) is 4.79 Å². The standard InChI is InChI=1S/C6H13NO2.2C2H6/c1-3-6(9)7(2)4-5-8;2*1-2/h8H,3-5H2,1-2H3;2*1-2H3. The number of nitrogens with zero attached hydrogens (tertiary/aromatic N) is 1. The summed E-state index contributed by atoms with van der Waals surface area (Å²) < 4.78 is 0. The van der Waals surface area contributed by atoms with Crippen molar-refractivity contribution in [1.29, 1.82) is 0 Å². The van der Waals surface area contributed by atoms with Gasteiger partial charge >= 0.3 is 0 Å². The van der Waals surface area contributed by atoms with E-state index in [0.717, 1.165) is 0 Å². The molecule has 0 radical (unpaired) electrons. The van der Waals surface area contributed by atoms with E-state index >= 15 is 0 Å². The summed E-state index contributed by atoms with van der Waals surface area (Å²) in [5.74, 6) is 0.0732. The molecule has 1 amide bonds. The first-order chi connectivity index (χ1) is 6.22. The molecule has 0 heterocycles. The Balaban J connectivity index is -0.000000218. The van der Waals surface area contributed by atoms with Crippen molar-refractivity contribution >= 4 is 5.91 Å². The van der Waals surface area contributed by atoms with Crippen molar-refractivity contribution in [2.75, 3.05) is 20.2 Å². The molecule has 3 heteroatoms. The van der Waals surface area contributed by atoms with Gasteiger partial charge in [-0.05, 0) is 0 Å². The fraction of sp³-hybridized carbons (Fsp3) is 0.900. The summed E-state index contributed by atoms with van der Waals surface area (Å²) >= 11 is 0. The van der Waals surface area contributed by atoms with Crippen LogP contribution in [0.2, 0.25) is 0 Å². The van der Waals surface area contributed by atoms with E-state index in [-0.39, 0.29) is 12.5 Å². The fourth-order valence-corrected chi connectivity index (χ4v) is 0.545. The summed E-state index contributed by atoms with van der Waals surface area (Å²) in [4.78, 5) is 12.2. The van der Waals surface area contributed by atoms with Crippen LogP contribution in [0.3, 0.4) is 0 Å². The van der Waals surface area contributed by atoms with Crippen molar-refractivity contribution in [3.05, 3.63) is 0 Å². The van der Waals surface area contributed by atoms with Crippen LogP contribution in [0.25, 0.3) is 0 Å². The highest BCUT2D eigenvalue weighted by Crippen LogP contribution is 1.86. The zero-order chi connectivity index (χ0) is 11.3. The van der Waals surface area contributed by atoms with Gasteiger partial charge in [-0.1, -0.05) is 34.6 Å². The Labute approximate surface area is 82.8 Å². The van der Waals surface area contributed by atoms with Gasteiger partial charge in [-0.2, -0.15) is 0 Å². The van der Waals surface area contributed by atoms with Crippen LogP contribution in [0, 0.1) is 0 Å². The number of rotatable bonds is 3. The van der Waals surface area contributed by atoms with E-state index < -0.39 is 0 Å². The van der Waals surface area contributed by atoms with Gasteiger partial charge in [0, 0.05) is 20.0 Å². The minimum absolute atomic E-state index is 0.0439. The number of hydrogen-bond donors (Lipinski definition) is 1. The maximum absolute atomic E-state index is 10.7. The second kappa shape index (κ2) is 17.5. The van der Waals surface area contributed by atoms with Crippen molar-refractivity contribution < 1.29 is 9.90 Å². The Bertz CT molecular complexity index is 94.9. The maximum Gasteiger partial charge on any atom is 0.222 e. The Morgan fingerprint density at radius 2 is 1.62 bits per heavy atom. The highest BCUT2D eigenvalue weighted by Gasteiger charge is 2.02. The molecule has 0 spiro atoms. The van der Waals surface area contributed by atoms with E-state index in [1.54, 1.807) is 14.0 Å². The molecule has 3 nitrogen and oxygen atoms in total. The van der Waals surface area contributed by atoms with Crippen molar-refractivity contribution in [2.24, 2.45) is 0 Å². The molecule has 0 unspecified atom stereocenters. The third-order valence-electron chi connectivity index (χ3n) is 1.16. The lowest BCUT2D eigenvalue weighted by molar-refractivity contribution is -0.129. The second-order valence-corrected chi connectivity index (χ2v) is 1.89. The number of carbonyl (C=O) groups excluding carboxylic acids is 1. The van der Waals surface area contributed by atoms with Gasteiger partial charge in [-0.25, -0.2) is 0 Å². The molecular weight excluding hydrogens is 166 g/mol. The van der Waals surface area contributed by atoms with E-state index in [0.29, 0.717) is 13.0 Å². The Morgan fingerprint density at radius 1 is 1.23 bits per heavy atom. The molecule has 13 heavy (non-hydrogen) atoms. The van der Waals surface area contributed by atoms with Crippen LogP contribution in [0.15, 0.2) is 0 Å². The van der Waals surface area contributed by atoms with E-state index in [1.165, 1.54) is 4.90 Å². The van der Waals surface area contributed by atoms with Crippen molar-refractivity contribution in [1.82, 2.24) is 4.90 Å². The predicted molar refractivity (Wildman–Crippen MR) is 57.7 cm³/mol. The van der Waals surface area contributed by atoms with Gasteiger partial charge in [0.25, 0.3) is 0 Å². The average molecular weight is 191 g/mol. The number of carbonyl (C=O) groups is 1. The number of likely N-dealkylation sites (N-methyl/N-ethyl adjacent to an activating group) is 1. The molecule has 0 atom stereocenters. The zero-order valence-corrected chi connectivity index (χ0v) is 9.92. The smallest absolute Gasteiger partial charge is 0.222 e. The van der Waals surface area contributed by atoms with Crippen LogP contribution in [-0.4, -0.2) is 36.1 Å². The first kappa shape index (κ1) is 18.3. The molecule has 0 aromatic heterocycles. The summed E-state index contributed by atoms with van der Waals surface area (Å²) in [6.45, 7) is 10.3. The van der Waals surface area contributed by atoms with Gasteiger partial charge in [-0.3, -0.25) is 4.79 Å². The van der Waals surface area contributed by atoms with Gasteiger partial charge < -0.3 is 10.0 Å². The lowest BCUT2D eigenvalue weighted by Gasteiger charge is -2.13. The molecule has 0 aromatic carbocycles. The molecule has 0 aliphatic heterocycles.